The lowest BCUT2D eigenvalue weighted by molar-refractivity contribution is -0.144. The SMILES string of the molecule is O=C(O)C1CNCCN1Cc1cccc(C2CC2)c1. The van der Waals surface area contributed by atoms with Crippen molar-refractivity contribution in [3.05, 3.63) is 35.4 Å². The molecule has 102 valence electrons. The van der Waals surface area contributed by atoms with Gasteiger partial charge in [0.1, 0.15) is 6.04 Å². The fourth-order valence-corrected chi connectivity index (χ4v) is 2.78. The molecular formula is C15H20N2O2. The highest BCUT2D eigenvalue weighted by atomic mass is 16.4. The molecule has 1 aliphatic heterocycles. The highest BCUT2D eigenvalue weighted by Crippen LogP contribution is 2.40. The maximum absolute atomic E-state index is 11.3. The first kappa shape index (κ1) is 12.6. The Kier molecular flexibility index (Phi) is 3.53. The fraction of sp³-hybridized carbons (Fsp3) is 0.533. The van der Waals surface area contributed by atoms with Crippen LogP contribution < -0.4 is 5.32 Å². The number of carboxylic acids is 1. The Morgan fingerprint density at radius 2 is 2.26 bits per heavy atom. The van der Waals surface area contributed by atoms with Crippen molar-refractivity contribution in [2.75, 3.05) is 19.6 Å². The molecule has 1 aromatic carbocycles. The van der Waals surface area contributed by atoms with Gasteiger partial charge in [0.15, 0.2) is 0 Å². The third kappa shape index (κ3) is 2.96. The number of nitrogens with one attached hydrogen (secondary N) is 1. The molecule has 4 heteroatoms. The van der Waals surface area contributed by atoms with Gasteiger partial charge in [-0.05, 0) is 29.9 Å². The summed E-state index contributed by atoms with van der Waals surface area (Å²) in [6.07, 6.45) is 2.60. The van der Waals surface area contributed by atoms with E-state index in [9.17, 15) is 9.90 Å². The Hall–Kier alpha value is -1.39. The molecule has 1 saturated carbocycles. The highest BCUT2D eigenvalue weighted by Gasteiger charge is 2.28. The van der Waals surface area contributed by atoms with Crippen LogP contribution in [0.5, 0.6) is 0 Å². The van der Waals surface area contributed by atoms with Gasteiger partial charge >= 0.3 is 5.97 Å². The van der Waals surface area contributed by atoms with Gasteiger partial charge < -0.3 is 10.4 Å². The molecule has 0 amide bonds. The Balaban J connectivity index is 1.71. The van der Waals surface area contributed by atoms with Crippen LogP contribution in [0, 0.1) is 0 Å². The smallest absolute Gasteiger partial charge is 0.322 e. The fourth-order valence-electron chi connectivity index (χ4n) is 2.78. The van der Waals surface area contributed by atoms with E-state index in [2.05, 4.69) is 34.5 Å². The number of benzene rings is 1. The van der Waals surface area contributed by atoms with Crippen LogP contribution >= 0.6 is 0 Å². The van der Waals surface area contributed by atoms with Gasteiger partial charge in [0.05, 0.1) is 0 Å². The summed E-state index contributed by atoms with van der Waals surface area (Å²) in [5.41, 5.74) is 2.65. The number of rotatable bonds is 4. The molecule has 1 unspecified atom stereocenters. The van der Waals surface area contributed by atoms with Crippen LogP contribution in [0.1, 0.15) is 29.9 Å². The van der Waals surface area contributed by atoms with E-state index in [0.29, 0.717) is 6.54 Å². The van der Waals surface area contributed by atoms with Crippen molar-refractivity contribution in [3.63, 3.8) is 0 Å². The third-order valence-electron chi connectivity index (χ3n) is 4.02. The summed E-state index contributed by atoms with van der Waals surface area (Å²) in [4.78, 5) is 13.3. The number of nitrogens with zero attached hydrogens (tertiary/aromatic N) is 1. The number of carbonyl (C=O) groups is 1. The Bertz CT molecular complexity index is 471. The Morgan fingerprint density at radius 3 is 3.00 bits per heavy atom. The van der Waals surface area contributed by atoms with Gasteiger partial charge in [0, 0.05) is 26.2 Å². The van der Waals surface area contributed by atoms with E-state index in [0.717, 1.165) is 25.6 Å². The standard InChI is InChI=1S/C15H20N2O2/c18-15(19)14-9-16-6-7-17(14)10-11-2-1-3-13(8-11)12-4-5-12/h1-3,8,12,14,16H,4-7,9-10H2,(H,18,19). The van der Waals surface area contributed by atoms with E-state index >= 15 is 0 Å². The molecule has 1 saturated heterocycles. The van der Waals surface area contributed by atoms with Gasteiger partial charge in [0.25, 0.3) is 0 Å². The minimum atomic E-state index is -0.731. The lowest BCUT2D eigenvalue weighted by atomic mass is 10.1. The third-order valence-corrected chi connectivity index (χ3v) is 4.02. The predicted molar refractivity (Wildman–Crippen MR) is 73.1 cm³/mol. The van der Waals surface area contributed by atoms with Crippen LogP contribution in [-0.2, 0) is 11.3 Å². The summed E-state index contributed by atoms with van der Waals surface area (Å²) in [7, 11) is 0. The predicted octanol–water partition coefficient (Wildman–Crippen LogP) is 1.42. The van der Waals surface area contributed by atoms with E-state index < -0.39 is 12.0 Å². The van der Waals surface area contributed by atoms with Crippen LogP contribution in [-0.4, -0.2) is 41.7 Å². The zero-order chi connectivity index (χ0) is 13.2. The quantitative estimate of drug-likeness (QED) is 0.859. The molecule has 4 nitrogen and oxygen atoms in total. The summed E-state index contributed by atoms with van der Waals surface area (Å²) < 4.78 is 0. The molecule has 1 aliphatic carbocycles. The first-order chi connectivity index (χ1) is 9.24. The van der Waals surface area contributed by atoms with Crippen molar-refractivity contribution in [2.45, 2.75) is 31.3 Å². The molecule has 2 aliphatic rings. The van der Waals surface area contributed by atoms with Crippen molar-refractivity contribution in [1.82, 2.24) is 10.2 Å². The van der Waals surface area contributed by atoms with Crippen molar-refractivity contribution >= 4 is 5.97 Å². The average Bonchev–Trinajstić information content (AvgIpc) is 3.24. The highest BCUT2D eigenvalue weighted by molar-refractivity contribution is 5.74. The molecule has 0 aromatic heterocycles. The van der Waals surface area contributed by atoms with Crippen LogP contribution in [0.2, 0.25) is 0 Å². The monoisotopic (exact) mass is 260 g/mol. The number of hydrogen-bond donors (Lipinski definition) is 2. The molecule has 0 radical (unpaired) electrons. The summed E-state index contributed by atoms with van der Waals surface area (Å²) in [5, 5.41) is 12.4. The average molecular weight is 260 g/mol. The van der Waals surface area contributed by atoms with Gasteiger partial charge in [-0.1, -0.05) is 24.3 Å². The summed E-state index contributed by atoms with van der Waals surface area (Å²) in [5.74, 6) is 0.0174. The van der Waals surface area contributed by atoms with Crippen LogP contribution in [0.3, 0.4) is 0 Å². The summed E-state index contributed by atoms with van der Waals surface area (Å²) in [6.45, 7) is 2.94. The van der Waals surface area contributed by atoms with E-state index in [1.807, 2.05) is 0 Å². The first-order valence-electron chi connectivity index (χ1n) is 7.00. The second-order valence-corrected chi connectivity index (χ2v) is 5.55. The van der Waals surface area contributed by atoms with Crippen molar-refractivity contribution in [3.8, 4) is 0 Å². The Labute approximate surface area is 113 Å². The van der Waals surface area contributed by atoms with Gasteiger partial charge in [-0.25, -0.2) is 0 Å². The minimum absolute atomic E-state index is 0.404. The lowest BCUT2D eigenvalue weighted by Gasteiger charge is -2.33. The number of aliphatic carboxylic acids is 1. The summed E-state index contributed by atoms with van der Waals surface area (Å²) >= 11 is 0. The molecule has 1 atom stereocenters. The minimum Gasteiger partial charge on any atom is -0.480 e. The molecule has 1 heterocycles. The maximum atomic E-state index is 11.3. The van der Waals surface area contributed by atoms with E-state index in [-0.39, 0.29) is 0 Å². The van der Waals surface area contributed by atoms with Gasteiger partial charge in [-0.15, -0.1) is 0 Å². The van der Waals surface area contributed by atoms with Crippen molar-refractivity contribution < 1.29 is 9.90 Å². The second-order valence-electron chi connectivity index (χ2n) is 5.55. The Morgan fingerprint density at radius 1 is 1.42 bits per heavy atom. The van der Waals surface area contributed by atoms with E-state index in [1.54, 1.807) is 0 Å². The van der Waals surface area contributed by atoms with Crippen molar-refractivity contribution in [2.24, 2.45) is 0 Å². The van der Waals surface area contributed by atoms with Gasteiger partial charge in [-0.3, -0.25) is 9.69 Å². The molecule has 0 spiro atoms. The number of piperazine rings is 1. The first-order valence-corrected chi connectivity index (χ1v) is 7.00. The zero-order valence-electron chi connectivity index (χ0n) is 11.0. The number of carboxylic acid groups (broad SMARTS) is 1. The van der Waals surface area contributed by atoms with E-state index in [4.69, 9.17) is 0 Å². The van der Waals surface area contributed by atoms with Gasteiger partial charge in [0.2, 0.25) is 0 Å². The second kappa shape index (κ2) is 5.31. The molecule has 2 N–H and O–H groups in total. The number of hydrogen-bond acceptors (Lipinski definition) is 3. The molecule has 3 rings (SSSR count). The van der Waals surface area contributed by atoms with E-state index in [1.165, 1.54) is 24.0 Å². The van der Waals surface area contributed by atoms with Crippen LogP contribution in [0.15, 0.2) is 24.3 Å². The molecule has 19 heavy (non-hydrogen) atoms. The lowest BCUT2D eigenvalue weighted by Crippen LogP contribution is -2.54. The van der Waals surface area contributed by atoms with Crippen LogP contribution in [0.4, 0.5) is 0 Å². The normalized spacial score (nSPS) is 24.3. The maximum Gasteiger partial charge on any atom is 0.322 e. The molecule has 0 bridgehead atoms. The summed E-state index contributed by atoms with van der Waals surface area (Å²) in [6, 6.07) is 8.23. The molecular weight excluding hydrogens is 240 g/mol. The molecule has 1 aromatic rings. The van der Waals surface area contributed by atoms with Crippen LogP contribution in [0.25, 0.3) is 0 Å². The van der Waals surface area contributed by atoms with Crippen molar-refractivity contribution in [1.29, 1.82) is 0 Å². The zero-order valence-corrected chi connectivity index (χ0v) is 11.0. The topological polar surface area (TPSA) is 52.6 Å². The van der Waals surface area contributed by atoms with Gasteiger partial charge in [-0.2, -0.15) is 0 Å². The largest absolute Gasteiger partial charge is 0.480 e. The molecule has 2 fully saturated rings.